The molecule has 0 saturated carbocycles. The number of nitrogen functional groups attached to an aromatic ring is 1. The molecule has 4 aromatic heterocycles. The number of morpholine rings is 1. The van der Waals surface area contributed by atoms with E-state index in [-0.39, 0.29) is 27.4 Å². The highest BCUT2D eigenvalue weighted by Crippen LogP contribution is 2.43. The first-order valence-corrected chi connectivity index (χ1v) is 24.8. The number of hydrogen-bond donors (Lipinski definition) is 2. The van der Waals surface area contributed by atoms with Crippen LogP contribution in [0, 0.1) is 16.7 Å². The van der Waals surface area contributed by atoms with Gasteiger partial charge in [0.2, 0.25) is 5.88 Å². The Morgan fingerprint density at radius 3 is 2.44 bits per heavy atom. The maximum atomic E-state index is 13.8. The van der Waals surface area contributed by atoms with Gasteiger partial charge in [-0.15, -0.1) is 0 Å². The summed E-state index contributed by atoms with van der Waals surface area (Å²) >= 11 is 6.23. The number of rotatable bonds is 12. The Balaban J connectivity index is 0.000000508. The lowest BCUT2D eigenvalue weighted by atomic mass is 9.72. The molecule has 0 radical (unpaired) electrons. The first kappa shape index (κ1) is 46.7. The number of pyridine rings is 2. The molecule has 7 aromatic rings. The van der Waals surface area contributed by atoms with Gasteiger partial charge in [0.15, 0.2) is 5.65 Å². The van der Waals surface area contributed by atoms with E-state index in [4.69, 9.17) is 31.5 Å². The first-order valence-electron chi connectivity index (χ1n) is 23.0. The van der Waals surface area contributed by atoms with Crippen molar-refractivity contribution in [3.8, 4) is 23.4 Å². The number of halogens is 1. The minimum atomic E-state index is -4.13. The van der Waals surface area contributed by atoms with Crippen LogP contribution in [0.5, 0.6) is 17.4 Å². The largest absolute Gasteiger partial charge is 0.475 e. The Bertz CT molecular complexity index is 3040. The van der Waals surface area contributed by atoms with Crippen molar-refractivity contribution in [2.75, 3.05) is 82.8 Å². The Kier molecular flexibility index (Phi) is 14.0. The molecule has 3 aliphatic rings. The van der Waals surface area contributed by atoms with Gasteiger partial charge in [-0.05, 0) is 90.4 Å². The van der Waals surface area contributed by atoms with Crippen LogP contribution in [-0.2, 0) is 14.8 Å². The van der Waals surface area contributed by atoms with Gasteiger partial charge in [0.05, 0.1) is 25.6 Å². The van der Waals surface area contributed by atoms with E-state index in [0.717, 1.165) is 84.7 Å². The predicted molar refractivity (Wildman–Crippen MR) is 268 cm³/mol. The monoisotopic (exact) mass is 953 g/mol. The van der Waals surface area contributed by atoms with Gasteiger partial charge in [-0.2, -0.15) is 5.26 Å². The van der Waals surface area contributed by atoms with E-state index in [0.29, 0.717) is 43.3 Å². The van der Waals surface area contributed by atoms with E-state index in [1.165, 1.54) is 47.6 Å². The highest BCUT2D eigenvalue weighted by Gasteiger charge is 2.30. The fraction of sp³-hybridized carbons (Fsp3) is 0.327. The lowest BCUT2D eigenvalue weighted by Gasteiger charge is -2.39. The summed E-state index contributed by atoms with van der Waals surface area (Å²) in [5.41, 5.74) is 12.6. The van der Waals surface area contributed by atoms with Crippen LogP contribution in [-0.4, -0.2) is 109 Å². The lowest BCUT2D eigenvalue weighted by Crippen LogP contribution is -2.47. The van der Waals surface area contributed by atoms with Gasteiger partial charge in [-0.1, -0.05) is 67.4 Å². The topological polar surface area (TPSA) is 168 Å². The summed E-state index contributed by atoms with van der Waals surface area (Å²) in [7, 11) is -4.13. The van der Waals surface area contributed by atoms with Gasteiger partial charge < -0.3 is 29.8 Å². The number of ether oxygens (including phenoxy) is 3. The van der Waals surface area contributed by atoms with Crippen LogP contribution in [0.3, 0.4) is 0 Å². The van der Waals surface area contributed by atoms with Crippen LogP contribution in [0.25, 0.3) is 27.5 Å². The Morgan fingerprint density at radius 2 is 1.66 bits per heavy atom. The molecule has 16 heteroatoms. The Morgan fingerprint density at radius 1 is 0.868 bits per heavy atom. The minimum Gasteiger partial charge on any atom is -0.475 e. The molecule has 3 N–H and O–H groups in total. The summed E-state index contributed by atoms with van der Waals surface area (Å²) in [6.07, 6.45) is 7.57. The van der Waals surface area contributed by atoms with Gasteiger partial charge in [0, 0.05) is 91.6 Å². The number of allylic oxidation sites excluding steroid dienone is 1. The number of aromatic amines is 1. The summed E-state index contributed by atoms with van der Waals surface area (Å²) < 4.78 is 46.0. The summed E-state index contributed by atoms with van der Waals surface area (Å²) in [6, 6.07) is 33.1. The summed E-state index contributed by atoms with van der Waals surface area (Å²) in [4.78, 5) is 18.8. The van der Waals surface area contributed by atoms with Crippen molar-refractivity contribution in [3.63, 3.8) is 0 Å². The molecule has 0 spiro atoms. The second-order valence-electron chi connectivity index (χ2n) is 18.2. The van der Waals surface area contributed by atoms with Gasteiger partial charge in [-0.3, -0.25) is 9.80 Å². The molecule has 10 rings (SSSR count). The van der Waals surface area contributed by atoms with Crippen LogP contribution < -0.4 is 20.1 Å². The molecule has 0 unspecified atom stereocenters. The fourth-order valence-electron chi connectivity index (χ4n) is 9.08. The molecule has 352 valence electrons. The third kappa shape index (κ3) is 11.0. The maximum Gasteiger partial charge on any atom is 0.270 e. The summed E-state index contributed by atoms with van der Waals surface area (Å²) in [6.45, 7) is 13.4. The van der Waals surface area contributed by atoms with Gasteiger partial charge in [0.25, 0.3) is 10.0 Å². The molecule has 0 atom stereocenters. The van der Waals surface area contributed by atoms with Crippen LogP contribution in [0.15, 0.2) is 126 Å². The van der Waals surface area contributed by atoms with E-state index in [1.807, 2.05) is 66.7 Å². The van der Waals surface area contributed by atoms with Crippen molar-refractivity contribution < 1.29 is 22.6 Å². The molecule has 0 bridgehead atoms. The molecule has 3 aromatic carbocycles. The molecule has 2 aliphatic heterocycles. The van der Waals surface area contributed by atoms with Crippen LogP contribution in [0.4, 0.5) is 11.5 Å². The zero-order valence-electron chi connectivity index (χ0n) is 38.4. The van der Waals surface area contributed by atoms with Crippen molar-refractivity contribution >= 4 is 60.6 Å². The number of nitrogens with two attached hydrogens (primary N) is 1. The second-order valence-corrected chi connectivity index (χ2v) is 20.5. The van der Waals surface area contributed by atoms with E-state index in [1.54, 1.807) is 17.7 Å². The van der Waals surface area contributed by atoms with Gasteiger partial charge in [0.1, 0.15) is 40.5 Å². The fourth-order valence-corrected chi connectivity index (χ4v) is 10.5. The van der Waals surface area contributed by atoms with E-state index in [9.17, 15) is 13.7 Å². The van der Waals surface area contributed by atoms with Crippen LogP contribution in [0.2, 0.25) is 5.02 Å². The van der Waals surface area contributed by atoms with Crippen molar-refractivity contribution in [1.82, 2.24) is 28.7 Å². The normalized spacial score (nSPS) is 16.9. The Hall–Kier alpha value is -6.41. The minimum absolute atomic E-state index is 0.0393. The van der Waals surface area contributed by atoms with Gasteiger partial charge in [-0.25, -0.2) is 22.4 Å². The highest BCUT2D eigenvalue weighted by molar-refractivity contribution is 7.90. The third-order valence-corrected chi connectivity index (χ3v) is 14.7. The zero-order valence-corrected chi connectivity index (χ0v) is 40.0. The molecule has 68 heavy (non-hydrogen) atoms. The third-order valence-electron chi connectivity index (χ3n) is 12.9. The Labute approximate surface area is 402 Å². The van der Waals surface area contributed by atoms with Crippen molar-refractivity contribution in [1.29, 1.82) is 5.26 Å². The predicted octanol–water partition coefficient (Wildman–Crippen LogP) is 9.23. The molecule has 2 saturated heterocycles. The number of anilines is 2. The standard InChI is InChI=1S/C44H48ClN7O5S.C8H8N2/c1-44(2)12-10-34(41(27-44)32-6-8-36(45)9-7-32)31-50-14-16-51(17-15-50)37-4-3-5-38(26-37)57-39-24-33-11-13-52(42(33)47-29-39)58(53,54)40-25-35(28-46)43(48-30-40)56-23-20-49-18-21-55-22-19-49;9-8-5-6-3-1-2-4-7(6)10-8/h3-9,11,13,24-26,29-30H,10,12,14-23,27,31H2,1-2H3;1-5,10H,9H2. The van der Waals surface area contributed by atoms with E-state index >= 15 is 0 Å². The number of nitrogens with one attached hydrogen (secondary N) is 1. The first-order chi connectivity index (χ1) is 32.9. The molecule has 2 fully saturated rings. The number of piperazine rings is 1. The number of nitriles is 1. The number of fused-ring (bicyclic) bond motifs is 2. The molecule has 0 amide bonds. The molecule has 1 aliphatic carbocycles. The zero-order chi connectivity index (χ0) is 47.3. The quantitative estimate of drug-likeness (QED) is 0.119. The van der Waals surface area contributed by atoms with Gasteiger partial charge >= 0.3 is 0 Å². The molecular weight excluding hydrogens is 898 g/mol. The van der Waals surface area contributed by atoms with E-state index in [2.05, 4.69) is 61.7 Å². The molecule has 6 heterocycles. The average molecular weight is 955 g/mol. The number of para-hydroxylation sites is 1. The number of benzene rings is 3. The number of H-pyrrole nitrogens is 1. The number of nitrogens with zero attached hydrogens (tertiary/aromatic N) is 7. The lowest BCUT2D eigenvalue weighted by molar-refractivity contribution is 0.0320. The van der Waals surface area contributed by atoms with E-state index < -0.39 is 10.0 Å². The smallest absolute Gasteiger partial charge is 0.270 e. The summed E-state index contributed by atoms with van der Waals surface area (Å²) in [5, 5.41) is 12.3. The number of hydrogen-bond acceptors (Lipinski definition) is 12. The van der Waals surface area contributed by atoms with Crippen molar-refractivity contribution in [3.05, 3.63) is 137 Å². The SMILES string of the molecule is CC1(C)CCC(CN2CCN(c3cccc(Oc4cnc5c(ccn5S(=O)(=O)c5cnc(OCCN6CCOCC6)c(C#N)c5)c4)c3)CC2)=C(c2ccc(Cl)cc2)C1.Nc1cc2ccccc2[nH]1. The van der Waals surface area contributed by atoms with Crippen LogP contribution in [0.1, 0.15) is 44.2 Å². The summed E-state index contributed by atoms with van der Waals surface area (Å²) in [5.74, 6) is 1.97. The second kappa shape index (κ2) is 20.4. The average Bonchev–Trinajstić information content (AvgIpc) is 3.96. The molecular formula is C52H56ClN9O5S. The van der Waals surface area contributed by atoms with Crippen molar-refractivity contribution in [2.24, 2.45) is 5.41 Å². The molecule has 14 nitrogen and oxygen atoms in total. The van der Waals surface area contributed by atoms with Crippen molar-refractivity contribution in [2.45, 2.75) is 38.0 Å². The highest BCUT2D eigenvalue weighted by atomic mass is 35.5. The van der Waals surface area contributed by atoms with Crippen LogP contribution >= 0.6 is 11.6 Å². The maximum absolute atomic E-state index is 13.8. The number of aromatic nitrogens is 4.